The van der Waals surface area contributed by atoms with Crippen molar-refractivity contribution < 1.29 is 22.7 Å². The molecule has 0 saturated heterocycles. The van der Waals surface area contributed by atoms with Crippen molar-refractivity contribution in [1.82, 2.24) is 5.32 Å². The second-order valence-corrected chi connectivity index (χ2v) is 7.53. The molecule has 3 rings (SSSR count). The van der Waals surface area contributed by atoms with Crippen LogP contribution in [0.1, 0.15) is 18.4 Å². The standard InChI is InChI=1S/C19H19N3O5S/c1-2-27-19(24)14(13-8-4-3-5-9-13)12-20-18(23)17-21-15-10-6-7-11-16(15)28(25,26)22-17/h3-11,14H,2,12H2,1H3,(H,20,23)(H,21,22). The van der Waals surface area contributed by atoms with Crippen molar-refractivity contribution in [3.8, 4) is 0 Å². The molecule has 0 bridgehead atoms. The lowest BCUT2D eigenvalue weighted by Crippen LogP contribution is -2.41. The average molecular weight is 401 g/mol. The fourth-order valence-corrected chi connectivity index (χ4v) is 3.87. The van der Waals surface area contributed by atoms with Gasteiger partial charge in [-0.1, -0.05) is 42.5 Å². The molecule has 2 aromatic rings. The van der Waals surface area contributed by atoms with E-state index in [0.29, 0.717) is 5.56 Å². The Bertz CT molecular complexity index is 1020. The summed E-state index contributed by atoms with van der Waals surface area (Å²) >= 11 is 0. The van der Waals surface area contributed by atoms with Gasteiger partial charge in [0, 0.05) is 6.54 Å². The van der Waals surface area contributed by atoms with E-state index >= 15 is 0 Å². The molecular formula is C19H19N3O5S. The van der Waals surface area contributed by atoms with Gasteiger partial charge in [0.1, 0.15) is 4.90 Å². The first kappa shape index (κ1) is 19.6. The van der Waals surface area contributed by atoms with E-state index in [1.54, 1.807) is 49.4 Å². The Hall–Kier alpha value is -3.20. The first-order chi connectivity index (χ1) is 13.4. The third kappa shape index (κ3) is 4.20. The van der Waals surface area contributed by atoms with E-state index in [1.807, 2.05) is 6.07 Å². The van der Waals surface area contributed by atoms with E-state index in [0.717, 1.165) is 0 Å². The molecule has 0 fully saturated rings. The van der Waals surface area contributed by atoms with Gasteiger partial charge in [0.2, 0.25) is 5.84 Å². The number of anilines is 1. The van der Waals surface area contributed by atoms with Gasteiger partial charge in [-0.2, -0.15) is 8.42 Å². The zero-order valence-electron chi connectivity index (χ0n) is 15.1. The fourth-order valence-electron chi connectivity index (χ4n) is 2.76. The number of nitrogens with one attached hydrogen (secondary N) is 2. The van der Waals surface area contributed by atoms with Gasteiger partial charge in [-0.3, -0.25) is 9.59 Å². The van der Waals surface area contributed by atoms with E-state index < -0.39 is 27.8 Å². The van der Waals surface area contributed by atoms with Crippen molar-refractivity contribution in [3.05, 3.63) is 60.2 Å². The molecule has 0 saturated carbocycles. The Morgan fingerprint density at radius 3 is 2.50 bits per heavy atom. The summed E-state index contributed by atoms with van der Waals surface area (Å²) in [6.45, 7) is 1.84. The third-order valence-corrected chi connectivity index (χ3v) is 5.42. The molecule has 0 spiro atoms. The zero-order valence-corrected chi connectivity index (χ0v) is 15.9. The number of fused-ring (bicyclic) bond motifs is 1. The maximum Gasteiger partial charge on any atom is 0.315 e. The number of carbonyl (C=O) groups is 2. The van der Waals surface area contributed by atoms with E-state index in [9.17, 15) is 18.0 Å². The third-order valence-electron chi connectivity index (χ3n) is 4.08. The lowest BCUT2D eigenvalue weighted by molar-refractivity contribution is -0.144. The molecule has 1 heterocycles. The number of nitrogens with zero attached hydrogens (tertiary/aromatic N) is 1. The number of amidine groups is 1. The van der Waals surface area contributed by atoms with Crippen LogP contribution >= 0.6 is 0 Å². The zero-order chi connectivity index (χ0) is 20.1. The van der Waals surface area contributed by atoms with Crippen LogP contribution in [0.4, 0.5) is 5.69 Å². The highest BCUT2D eigenvalue weighted by Crippen LogP contribution is 2.26. The van der Waals surface area contributed by atoms with Gasteiger partial charge in [-0.25, -0.2) is 0 Å². The number of hydrogen-bond donors (Lipinski definition) is 2. The number of ether oxygens (including phenoxy) is 1. The van der Waals surface area contributed by atoms with Crippen molar-refractivity contribution in [2.24, 2.45) is 4.40 Å². The number of para-hydroxylation sites is 1. The van der Waals surface area contributed by atoms with E-state index in [-0.39, 0.29) is 29.6 Å². The van der Waals surface area contributed by atoms with E-state index in [4.69, 9.17) is 4.74 Å². The minimum absolute atomic E-state index is 0.000218. The Morgan fingerprint density at radius 2 is 1.79 bits per heavy atom. The van der Waals surface area contributed by atoms with Crippen LogP contribution in [0.25, 0.3) is 0 Å². The van der Waals surface area contributed by atoms with Crippen LogP contribution < -0.4 is 10.6 Å². The van der Waals surface area contributed by atoms with Crippen LogP contribution in [0.3, 0.4) is 0 Å². The van der Waals surface area contributed by atoms with Crippen LogP contribution in [0, 0.1) is 0 Å². The molecule has 146 valence electrons. The number of hydrogen-bond acceptors (Lipinski definition) is 6. The lowest BCUT2D eigenvalue weighted by atomic mass is 9.99. The molecule has 2 aromatic carbocycles. The molecule has 2 N–H and O–H groups in total. The van der Waals surface area contributed by atoms with Crippen molar-refractivity contribution in [2.45, 2.75) is 17.7 Å². The molecule has 0 aliphatic carbocycles. The number of amides is 1. The highest BCUT2D eigenvalue weighted by atomic mass is 32.2. The summed E-state index contributed by atoms with van der Waals surface area (Å²) in [5.74, 6) is -2.29. The van der Waals surface area contributed by atoms with Gasteiger partial charge in [-0.15, -0.1) is 4.40 Å². The monoisotopic (exact) mass is 401 g/mol. The molecule has 1 amide bonds. The summed E-state index contributed by atoms with van der Waals surface area (Å²) in [6.07, 6.45) is 0. The number of sulfonamides is 1. The van der Waals surface area contributed by atoms with Crippen LogP contribution in [0.15, 0.2) is 63.9 Å². The number of benzene rings is 2. The van der Waals surface area contributed by atoms with Gasteiger partial charge in [0.25, 0.3) is 15.9 Å². The summed E-state index contributed by atoms with van der Waals surface area (Å²) in [4.78, 5) is 24.8. The molecule has 1 aliphatic heterocycles. The number of carbonyl (C=O) groups excluding carboxylic acids is 2. The van der Waals surface area contributed by atoms with Crippen molar-refractivity contribution in [2.75, 3.05) is 18.5 Å². The molecule has 9 heteroatoms. The summed E-state index contributed by atoms with van der Waals surface area (Å²) < 4.78 is 33.1. The number of rotatable bonds is 6. The van der Waals surface area contributed by atoms with Crippen molar-refractivity contribution in [3.63, 3.8) is 0 Å². The second kappa shape index (κ2) is 8.22. The summed E-state index contributed by atoms with van der Waals surface area (Å²) in [6, 6.07) is 15.0. The first-order valence-corrected chi connectivity index (χ1v) is 10.1. The van der Waals surface area contributed by atoms with Crippen molar-refractivity contribution >= 4 is 33.4 Å². The molecule has 1 atom stereocenters. The Morgan fingerprint density at radius 1 is 1.11 bits per heavy atom. The minimum Gasteiger partial charge on any atom is -0.465 e. The molecule has 1 unspecified atom stereocenters. The highest BCUT2D eigenvalue weighted by molar-refractivity contribution is 7.90. The predicted octanol–water partition coefficient (Wildman–Crippen LogP) is 1.66. The quantitative estimate of drug-likeness (QED) is 0.712. The first-order valence-electron chi connectivity index (χ1n) is 8.63. The van der Waals surface area contributed by atoms with Crippen LogP contribution in [0.5, 0.6) is 0 Å². The maximum atomic E-state index is 12.5. The van der Waals surface area contributed by atoms with Gasteiger partial charge in [-0.05, 0) is 24.6 Å². The SMILES string of the molecule is CCOC(=O)C(CNC(=O)C1=NS(=O)(=O)c2ccccc2N1)c1ccccc1. The van der Waals surface area contributed by atoms with E-state index in [2.05, 4.69) is 15.0 Å². The van der Waals surface area contributed by atoms with Crippen LogP contribution in [0.2, 0.25) is 0 Å². The Balaban J connectivity index is 1.77. The fraction of sp³-hybridized carbons (Fsp3) is 0.211. The Kier molecular flexibility index (Phi) is 5.74. The normalized spacial score (nSPS) is 15.4. The summed E-state index contributed by atoms with van der Waals surface area (Å²) in [5, 5.41) is 5.27. The van der Waals surface area contributed by atoms with Crippen LogP contribution in [-0.4, -0.2) is 39.3 Å². The molecule has 0 aromatic heterocycles. The minimum atomic E-state index is -3.98. The number of esters is 1. The highest BCUT2D eigenvalue weighted by Gasteiger charge is 2.29. The molecule has 1 aliphatic rings. The average Bonchev–Trinajstić information content (AvgIpc) is 2.68. The van der Waals surface area contributed by atoms with Gasteiger partial charge >= 0.3 is 5.97 Å². The summed E-state index contributed by atoms with van der Waals surface area (Å²) in [5.41, 5.74) is 0.949. The molecule has 28 heavy (non-hydrogen) atoms. The van der Waals surface area contributed by atoms with Crippen LogP contribution in [-0.2, 0) is 24.3 Å². The van der Waals surface area contributed by atoms with Gasteiger partial charge < -0.3 is 15.4 Å². The predicted molar refractivity (Wildman–Crippen MR) is 104 cm³/mol. The molecule has 0 radical (unpaired) electrons. The van der Waals surface area contributed by atoms with E-state index in [1.165, 1.54) is 6.07 Å². The van der Waals surface area contributed by atoms with Crippen molar-refractivity contribution in [1.29, 1.82) is 0 Å². The molecule has 8 nitrogen and oxygen atoms in total. The molecular weight excluding hydrogens is 382 g/mol. The van der Waals surface area contributed by atoms with Gasteiger partial charge in [0.15, 0.2) is 0 Å². The lowest BCUT2D eigenvalue weighted by Gasteiger charge is -2.19. The second-order valence-electron chi connectivity index (χ2n) is 5.96. The van der Waals surface area contributed by atoms with Gasteiger partial charge in [0.05, 0.1) is 18.2 Å². The smallest absolute Gasteiger partial charge is 0.315 e. The topological polar surface area (TPSA) is 114 Å². The summed E-state index contributed by atoms with van der Waals surface area (Å²) in [7, 11) is -3.98. The maximum absolute atomic E-state index is 12.5. The Labute approximate surface area is 162 Å². The largest absolute Gasteiger partial charge is 0.465 e.